The van der Waals surface area contributed by atoms with Crippen LogP contribution in [0.5, 0.6) is 11.5 Å². The van der Waals surface area contributed by atoms with Crippen molar-refractivity contribution in [1.29, 1.82) is 0 Å². The summed E-state index contributed by atoms with van der Waals surface area (Å²) in [5.41, 5.74) is 1.17. The van der Waals surface area contributed by atoms with Crippen LogP contribution in [0, 0.1) is 6.92 Å². The molecule has 3 aromatic rings. The van der Waals surface area contributed by atoms with Crippen molar-refractivity contribution in [3.63, 3.8) is 0 Å². The normalized spacial score (nSPS) is 17.7. The fourth-order valence-electron chi connectivity index (χ4n) is 4.85. The number of carbonyl (C=O) groups is 1. The minimum Gasteiger partial charge on any atom is -0.492 e. The largest absolute Gasteiger partial charge is 0.492 e. The molecule has 0 spiro atoms. The third-order valence-corrected chi connectivity index (χ3v) is 11.1. The minimum absolute atomic E-state index is 0.0863. The Morgan fingerprint density at radius 3 is 2.26 bits per heavy atom. The molecule has 1 fully saturated rings. The monoisotopic (exact) mass is 633 g/mol. The van der Waals surface area contributed by atoms with Crippen molar-refractivity contribution in [2.24, 2.45) is 0 Å². The van der Waals surface area contributed by atoms with Crippen LogP contribution in [0.1, 0.15) is 24.8 Å². The molecule has 42 heavy (non-hydrogen) atoms. The summed E-state index contributed by atoms with van der Waals surface area (Å²) in [6, 6.07) is 17.2. The molecule has 2 aliphatic heterocycles. The lowest BCUT2D eigenvalue weighted by molar-refractivity contribution is -0.127. The van der Waals surface area contributed by atoms with Gasteiger partial charge in [0.15, 0.2) is 6.10 Å². The molecule has 2 heterocycles. The topological polar surface area (TPSA) is 122 Å². The predicted molar refractivity (Wildman–Crippen MR) is 159 cm³/mol. The van der Waals surface area contributed by atoms with Gasteiger partial charge in [0.25, 0.3) is 15.9 Å². The van der Waals surface area contributed by atoms with Crippen molar-refractivity contribution in [2.45, 2.75) is 42.1 Å². The Balaban J connectivity index is 1.20. The Bertz CT molecular complexity index is 1640. The van der Waals surface area contributed by atoms with E-state index in [-0.39, 0.29) is 40.9 Å². The fourth-order valence-corrected chi connectivity index (χ4v) is 8.00. The molecular weight excluding hydrogens is 602 g/mol. The van der Waals surface area contributed by atoms with Crippen LogP contribution in [0.4, 0.5) is 5.69 Å². The van der Waals surface area contributed by atoms with Gasteiger partial charge in [0.1, 0.15) is 18.1 Å². The Morgan fingerprint density at radius 1 is 0.929 bits per heavy atom. The maximum Gasteiger partial charge on any atom is 0.264 e. The van der Waals surface area contributed by atoms with E-state index in [1.54, 1.807) is 30.3 Å². The quantitative estimate of drug-likeness (QED) is 0.354. The number of amides is 1. The van der Waals surface area contributed by atoms with Crippen LogP contribution in [0.25, 0.3) is 0 Å². The molecule has 2 aliphatic rings. The second kappa shape index (κ2) is 12.5. The summed E-state index contributed by atoms with van der Waals surface area (Å²) in [4.78, 5) is 13.3. The molecular formula is C29H32ClN3O7S2. The average Bonchev–Trinajstić information content (AvgIpc) is 2.99. The summed E-state index contributed by atoms with van der Waals surface area (Å²) in [5.74, 6) is 0.167. The highest BCUT2D eigenvalue weighted by atomic mass is 35.5. The molecule has 224 valence electrons. The molecule has 0 saturated carbocycles. The lowest BCUT2D eigenvalue weighted by Gasteiger charge is -2.34. The molecule has 10 nitrogen and oxygen atoms in total. The van der Waals surface area contributed by atoms with Gasteiger partial charge in [0.2, 0.25) is 10.0 Å². The smallest absolute Gasteiger partial charge is 0.264 e. The SMILES string of the molecule is Cc1ccc(S(=O)(=O)N2C[C@@H](C(=O)NCCOc3ccc(S(=O)(=O)N4CCCCC4)cc3)Oc3ccc(Cl)cc32)cc1. The van der Waals surface area contributed by atoms with Crippen LogP contribution in [0.3, 0.4) is 0 Å². The van der Waals surface area contributed by atoms with E-state index in [0.29, 0.717) is 23.9 Å². The standard InChI is InChI=1S/C29H32ClN3O7S2/c1-21-5-10-25(11-6-21)42(37,38)33-20-28(40-27-14-7-22(30)19-26(27)33)29(34)31-15-18-39-23-8-12-24(13-9-23)41(35,36)32-16-3-2-4-17-32/h5-14,19,28H,2-4,15-18,20H2,1H3,(H,31,34)/t28-/m0/s1. The minimum atomic E-state index is -4.01. The van der Waals surface area contributed by atoms with Crippen LogP contribution in [0.15, 0.2) is 76.5 Å². The maximum absolute atomic E-state index is 13.6. The van der Waals surface area contributed by atoms with Gasteiger partial charge in [-0.25, -0.2) is 16.8 Å². The van der Waals surface area contributed by atoms with E-state index in [1.807, 2.05) is 6.92 Å². The Hall–Kier alpha value is -3.32. The first-order valence-corrected chi connectivity index (χ1v) is 16.9. The number of hydrogen-bond acceptors (Lipinski definition) is 7. The van der Waals surface area contributed by atoms with Gasteiger partial charge in [-0.05, 0) is 74.4 Å². The molecule has 3 aromatic carbocycles. The van der Waals surface area contributed by atoms with Gasteiger partial charge in [-0.3, -0.25) is 9.10 Å². The highest BCUT2D eigenvalue weighted by Gasteiger charge is 2.37. The van der Waals surface area contributed by atoms with E-state index < -0.39 is 32.1 Å². The van der Waals surface area contributed by atoms with Gasteiger partial charge in [0.05, 0.1) is 28.6 Å². The summed E-state index contributed by atoms with van der Waals surface area (Å²) in [5, 5.41) is 3.06. The highest BCUT2D eigenvalue weighted by molar-refractivity contribution is 7.92. The molecule has 1 N–H and O–H groups in total. The number of nitrogens with zero attached hydrogens (tertiary/aromatic N) is 2. The van der Waals surface area contributed by atoms with Gasteiger partial charge >= 0.3 is 0 Å². The number of anilines is 1. The van der Waals surface area contributed by atoms with Crippen molar-refractivity contribution >= 4 is 43.2 Å². The third kappa shape index (κ3) is 6.51. The van der Waals surface area contributed by atoms with Crippen molar-refractivity contribution < 1.29 is 31.1 Å². The maximum atomic E-state index is 13.6. The number of nitrogens with one attached hydrogen (secondary N) is 1. The molecule has 0 radical (unpaired) electrons. The zero-order valence-electron chi connectivity index (χ0n) is 23.0. The molecule has 0 bridgehead atoms. The van der Waals surface area contributed by atoms with Crippen LogP contribution in [0.2, 0.25) is 5.02 Å². The number of sulfonamides is 2. The molecule has 1 atom stereocenters. The van der Waals surface area contributed by atoms with Crippen LogP contribution in [-0.4, -0.2) is 65.9 Å². The lowest BCUT2D eigenvalue weighted by Crippen LogP contribution is -2.51. The Labute approximate surface area is 251 Å². The van der Waals surface area contributed by atoms with Crippen molar-refractivity contribution in [3.05, 3.63) is 77.3 Å². The predicted octanol–water partition coefficient (Wildman–Crippen LogP) is 3.97. The van der Waals surface area contributed by atoms with E-state index in [0.717, 1.165) is 29.1 Å². The van der Waals surface area contributed by atoms with Gasteiger partial charge in [-0.15, -0.1) is 0 Å². The van der Waals surface area contributed by atoms with E-state index >= 15 is 0 Å². The molecule has 0 unspecified atom stereocenters. The molecule has 0 aromatic heterocycles. The molecule has 1 amide bonds. The number of ether oxygens (including phenoxy) is 2. The summed E-state index contributed by atoms with van der Waals surface area (Å²) in [6.07, 6.45) is 1.65. The number of hydrogen-bond donors (Lipinski definition) is 1. The summed E-state index contributed by atoms with van der Waals surface area (Å²) < 4.78 is 67.0. The first kappa shape index (κ1) is 30.1. The molecule has 1 saturated heterocycles. The van der Waals surface area contributed by atoms with Gasteiger partial charge in [0, 0.05) is 18.1 Å². The fraction of sp³-hybridized carbons (Fsp3) is 0.345. The highest BCUT2D eigenvalue weighted by Crippen LogP contribution is 2.39. The Kier molecular flexibility index (Phi) is 8.97. The van der Waals surface area contributed by atoms with Gasteiger partial charge < -0.3 is 14.8 Å². The van der Waals surface area contributed by atoms with Crippen LogP contribution < -0.4 is 19.1 Å². The van der Waals surface area contributed by atoms with E-state index in [1.165, 1.54) is 40.7 Å². The van der Waals surface area contributed by atoms with Crippen molar-refractivity contribution in [3.8, 4) is 11.5 Å². The van der Waals surface area contributed by atoms with Crippen LogP contribution in [-0.2, 0) is 24.8 Å². The summed E-state index contributed by atoms with van der Waals surface area (Å²) >= 11 is 6.16. The number of fused-ring (bicyclic) bond motifs is 1. The number of rotatable bonds is 9. The van der Waals surface area contributed by atoms with Crippen LogP contribution >= 0.6 is 11.6 Å². The molecule has 13 heteroatoms. The zero-order chi connectivity index (χ0) is 29.9. The third-order valence-electron chi connectivity index (χ3n) is 7.14. The van der Waals surface area contributed by atoms with E-state index in [9.17, 15) is 21.6 Å². The number of aryl methyl sites for hydroxylation is 1. The number of benzene rings is 3. The van der Waals surface area contributed by atoms with Crippen molar-refractivity contribution in [1.82, 2.24) is 9.62 Å². The number of piperidine rings is 1. The van der Waals surface area contributed by atoms with Crippen molar-refractivity contribution in [2.75, 3.05) is 37.1 Å². The van der Waals surface area contributed by atoms with E-state index in [2.05, 4.69) is 5.32 Å². The van der Waals surface area contributed by atoms with E-state index in [4.69, 9.17) is 21.1 Å². The first-order valence-electron chi connectivity index (χ1n) is 13.6. The first-order chi connectivity index (χ1) is 20.1. The average molecular weight is 634 g/mol. The Morgan fingerprint density at radius 2 is 1.57 bits per heavy atom. The second-order valence-corrected chi connectivity index (χ2v) is 14.4. The molecule has 5 rings (SSSR count). The van der Waals surface area contributed by atoms with Gasteiger partial charge in [-0.2, -0.15) is 4.31 Å². The second-order valence-electron chi connectivity index (χ2n) is 10.1. The van der Waals surface area contributed by atoms with Gasteiger partial charge in [-0.1, -0.05) is 35.7 Å². The zero-order valence-corrected chi connectivity index (χ0v) is 25.4. The number of carbonyl (C=O) groups excluding carboxylic acids is 1. The summed E-state index contributed by atoms with van der Waals surface area (Å²) in [6.45, 7) is 2.89. The number of halogens is 1. The summed E-state index contributed by atoms with van der Waals surface area (Å²) in [7, 11) is -7.55. The molecule has 0 aliphatic carbocycles. The lowest BCUT2D eigenvalue weighted by atomic mass is 10.2.